The molecule has 3 aromatic rings. The molecule has 0 atom stereocenters. The van der Waals surface area contributed by atoms with Gasteiger partial charge in [-0.3, -0.25) is 4.79 Å². The SMILES string of the molecule is Cc1noc(-c2ccc(C(=O)NC3(c4noc(C)n4)CCCC3)cc2)n1. The van der Waals surface area contributed by atoms with Gasteiger partial charge in [-0.1, -0.05) is 23.2 Å². The third-order valence-corrected chi connectivity index (χ3v) is 4.69. The van der Waals surface area contributed by atoms with E-state index in [0.717, 1.165) is 31.2 Å². The molecule has 1 saturated carbocycles. The molecule has 1 aliphatic carbocycles. The highest BCUT2D eigenvalue weighted by Gasteiger charge is 2.41. The van der Waals surface area contributed by atoms with Gasteiger partial charge in [-0.15, -0.1) is 0 Å². The van der Waals surface area contributed by atoms with Crippen LogP contribution in [0.15, 0.2) is 33.3 Å². The van der Waals surface area contributed by atoms with Crippen molar-refractivity contribution in [1.82, 2.24) is 25.6 Å². The quantitative estimate of drug-likeness (QED) is 0.768. The maximum Gasteiger partial charge on any atom is 0.257 e. The van der Waals surface area contributed by atoms with Gasteiger partial charge in [0.1, 0.15) is 5.54 Å². The number of benzene rings is 1. The fourth-order valence-corrected chi connectivity index (χ4v) is 3.34. The van der Waals surface area contributed by atoms with Crippen LogP contribution in [-0.4, -0.2) is 26.2 Å². The zero-order valence-corrected chi connectivity index (χ0v) is 14.7. The highest BCUT2D eigenvalue weighted by Crippen LogP contribution is 2.37. The Morgan fingerprint density at radius 2 is 1.77 bits per heavy atom. The smallest absolute Gasteiger partial charge is 0.257 e. The Kier molecular flexibility index (Phi) is 4.02. The van der Waals surface area contributed by atoms with E-state index in [9.17, 15) is 4.79 Å². The molecule has 4 rings (SSSR count). The number of hydrogen-bond acceptors (Lipinski definition) is 7. The summed E-state index contributed by atoms with van der Waals surface area (Å²) in [6.07, 6.45) is 3.64. The van der Waals surface area contributed by atoms with Crippen molar-refractivity contribution in [2.24, 2.45) is 0 Å². The normalized spacial score (nSPS) is 15.9. The number of nitrogens with one attached hydrogen (secondary N) is 1. The van der Waals surface area contributed by atoms with E-state index >= 15 is 0 Å². The summed E-state index contributed by atoms with van der Waals surface area (Å²) < 4.78 is 10.3. The highest BCUT2D eigenvalue weighted by molar-refractivity contribution is 5.95. The lowest BCUT2D eigenvalue weighted by molar-refractivity contribution is 0.0892. The summed E-state index contributed by atoms with van der Waals surface area (Å²) in [7, 11) is 0. The summed E-state index contributed by atoms with van der Waals surface area (Å²) in [4.78, 5) is 21.3. The Hall–Kier alpha value is -3.03. The Bertz CT molecular complexity index is 922. The molecule has 1 aromatic carbocycles. The lowest BCUT2D eigenvalue weighted by atomic mass is 9.95. The molecular formula is C18H19N5O3. The van der Waals surface area contributed by atoms with E-state index in [1.165, 1.54) is 0 Å². The summed E-state index contributed by atoms with van der Waals surface area (Å²) in [5, 5.41) is 10.9. The molecule has 0 aliphatic heterocycles. The minimum absolute atomic E-state index is 0.164. The molecule has 134 valence electrons. The Labute approximate surface area is 150 Å². The van der Waals surface area contributed by atoms with Gasteiger partial charge in [-0.2, -0.15) is 9.97 Å². The minimum Gasteiger partial charge on any atom is -0.340 e. The summed E-state index contributed by atoms with van der Waals surface area (Å²) in [6, 6.07) is 7.08. The van der Waals surface area contributed by atoms with Gasteiger partial charge in [0, 0.05) is 18.1 Å². The largest absolute Gasteiger partial charge is 0.340 e. The van der Waals surface area contributed by atoms with Gasteiger partial charge in [0.15, 0.2) is 11.6 Å². The second-order valence-corrected chi connectivity index (χ2v) is 6.60. The van der Waals surface area contributed by atoms with Crippen LogP contribution in [0.5, 0.6) is 0 Å². The molecule has 2 aromatic heterocycles. The Morgan fingerprint density at radius 1 is 1.04 bits per heavy atom. The third-order valence-electron chi connectivity index (χ3n) is 4.69. The highest BCUT2D eigenvalue weighted by atomic mass is 16.5. The van der Waals surface area contributed by atoms with E-state index in [2.05, 4.69) is 25.6 Å². The van der Waals surface area contributed by atoms with Crippen molar-refractivity contribution < 1.29 is 13.8 Å². The van der Waals surface area contributed by atoms with Crippen LogP contribution in [0, 0.1) is 13.8 Å². The van der Waals surface area contributed by atoms with Crippen molar-refractivity contribution in [2.45, 2.75) is 45.1 Å². The van der Waals surface area contributed by atoms with Crippen molar-refractivity contribution >= 4 is 5.91 Å². The lowest BCUT2D eigenvalue weighted by Gasteiger charge is -2.26. The second-order valence-electron chi connectivity index (χ2n) is 6.60. The van der Waals surface area contributed by atoms with Crippen LogP contribution in [-0.2, 0) is 5.54 Å². The summed E-state index contributed by atoms with van der Waals surface area (Å²) >= 11 is 0. The number of aryl methyl sites for hydroxylation is 2. The van der Waals surface area contributed by atoms with E-state index in [4.69, 9.17) is 9.05 Å². The molecule has 0 unspecified atom stereocenters. The van der Waals surface area contributed by atoms with Gasteiger partial charge in [0.25, 0.3) is 11.8 Å². The Balaban J connectivity index is 1.55. The van der Waals surface area contributed by atoms with E-state index in [1.807, 2.05) is 0 Å². The van der Waals surface area contributed by atoms with Gasteiger partial charge in [0.05, 0.1) is 0 Å². The maximum atomic E-state index is 12.8. The number of hydrogen-bond donors (Lipinski definition) is 1. The molecule has 0 bridgehead atoms. The summed E-state index contributed by atoms with van der Waals surface area (Å²) in [5.41, 5.74) is 0.764. The molecule has 0 radical (unpaired) electrons. The first kappa shape index (κ1) is 16.4. The fourth-order valence-electron chi connectivity index (χ4n) is 3.34. The zero-order valence-electron chi connectivity index (χ0n) is 14.7. The summed E-state index contributed by atoms with van der Waals surface area (Å²) in [6.45, 7) is 3.51. The van der Waals surface area contributed by atoms with Gasteiger partial charge >= 0.3 is 0 Å². The topological polar surface area (TPSA) is 107 Å². The average Bonchev–Trinajstić information content (AvgIpc) is 3.37. The van der Waals surface area contributed by atoms with Crippen LogP contribution >= 0.6 is 0 Å². The predicted molar refractivity (Wildman–Crippen MR) is 91.1 cm³/mol. The predicted octanol–water partition coefficient (Wildman–Crippen LogP) is 2.94. The first-order valence-corrected chi connectivity index (χ1v) is 8.60. The second kappa shape index (κ2) is 6.36. The number of carbonyl (C=O) groups excluding carboxylic acids is 1. The zero-order chi connectivity index (χ0) is 18.1. The van der Waals surface area contributed by atoms with Crippen LogP contribution in [0.1, 0.15) is 53.6 Å². The van der Waals surface area contributed by atoms with Crippen LogP contribution in [0.4, 0.5) is 0 Å². The number of aromatic nitrogens is 4. The number of carbonyl (C=O) groups is 1. The van der Waals surface area contributed by atoms with E-state index in [1.54, 1.807) is 38.1 Å². The first-order chi connectivity index (χ1) is 12.6. The first-order valence-electron chi connectivity index (χ1n) is 8.60. The van der Waals surface area contributed by atoms with Gasteiger partial charge in [-0.25, -0.2) is 0 Å². The summed E-state index contributed by atoms with van der Waals surface area (Å²) in [5.74, 6) is 1.89. The van der Waals surface area contributed by atoms with Crippen molar-refractivity contribution in [1.29, 1.82) is 0 Å². The number of rotatable bonds is 4. The van der Waals surface area contributed by atoms with Crippen LogP contribution in [0.3, 0.4) is 0 Å². The number of amides is 1. The number of nitrogens with zero attached hydrogens (tertiary/aromatic N) is 4. The molecule has 0 spiro atoms. The van der Waals surface area contributed by atoms with Crippen LogP contribution in [0.2, 0.25) is 0 Å². The monoisotopic (exact) mass is 353 g/mol. The molecule has 1 fully saturated rings. The molecule has 1 N–H and O–H groups in total. The van der Waals surface area contributed by atoms with Crippen molar-refractivity contribution in [3.8, 4) is 11.5 Å². The van der Waals surface area contributed by atoms with Gasteiger partial charge in [-0.05, 0) is 44.0 Å². The lowest BCUT2D eigenvalue weighted by Crippen LogP contribution is -2.44. The van der Waals surface area contributed by atoms with E-state index in [0.29, 0.717) is 29.0 Å². The van der Waals surface area contributed by atoms with Crippen molar-refractivity contribution in [2.75, 3.05) is 0 Å². The molecule has 1 amide bonds. The molecule has 0 saturated heterocycles. The average molecular weight is 353 g/mol. The fraction of sp³-hybridized carbons (Fsp3) is 0.389. The van der Waals surface area contributed by atoms with Gasteiger partial charge in [0.2, 0.25) is 5.89 Å². The molecule has 26 heavy (non-hydrogen) atoms. The van der Waals surface area contributed by atoms with Crippen LogP contribution < -0.4 is 5.32 Å². The standard InChI is InChI=1S/C18H19N5O3/c1-11-19-16(26-22-11)14-7-5-13(6-8-14)15(24)21-18(9-3-4-10-18)17-20-12(2)25-23-17/h5-8H,3-4,9-10H2,1-2H3,(H,21,24). The molecule has 8 nitrogen and oxygen atoms in total. The van der Waals surface area contributed by atoms with Crippen molar-refractivity contribution in [3.05, 3.63) is 47.4 Å². The van der Waals surface area contributed by atoms with E-state index < -0.39 is 5.54 Å². The molecule has 8 heteroatoms. The van der Waals surface area contributed by atoms with E-state index in [-0.39, 0.29) is 5.91 Å². The van der Waals surface area contributed by atoms with Gasteiger partial charge < -0.3 is 14.4 Å². The molecule has 2 heterocycles. The van der Waals surface area contributed by atoms with Crippen LogP contribution in [0.25, 0.3) is 11.5 Å². The van der Waals surface area contributed by atoms with Crippen molar-refractivity contribution in [3.63, 3.8) is 0 Å². The minimum atomic E-state index is -0.558. The third kappa shape index (κ3) is 2.98. The Morgan fingerprint density at radius 3 is 2.35 bits per heavy atom. The maximum absolute atomic E-state index is 12.8. The molecular weight excluding hydrogens is 334 g/mol. The molecule has 1 aliphatic rings.